The SMILES string of the molecule is CC[C@@H](C)N(CC(=O)NCc1cccc(Cl)c1F)C(=O)Cn1nc(C(N)=O)c2ccccc21. The van der Waals surface area contributed by atoms with Crippen LogP contribution in [0.4, 0.5) is 4.39 Å². The van der Waals surface area contributed by atoms with Gasteiger partial charge in [0.25, 0.3) is 5.91 Å². The van der Waals surface area contributed by atoms with Crippen molar-refractivity contribution in [3.8, 4) is 0 Å². The predicted molar refractivity (Wildman–Crippen MR) is 123 cm³/mol. The molecule has 3 amide bonds. The fraction of sp³-hybridized carbons (Fsp3) is 0.304. The van der Waals surface area contributed by atoms with Crippen LogP contribution in [0.5, 0.6) is 0 Å². The maximum atomic E-state index is 14.1. The van der Waals surface area contributed by atoms with Gasteiger partial charge in [0.1, 0.15) is 12.4 Å². The second-order valence-corrected chi connectivity index (χ2v) is 8.06. The molecule has 8 nitrogen and oxygen atoms in total. The molecular formula is C23H25ClFN5O3. The predicted octanol–water partition coefficient (Wildman–Crippen LogP) is 2.87. The minimum Gasteiger partial charge on any atom is -0.364 e. The molecule has 0 saturated heterocycles. The Morgan fingerprint density at radius 1 is 1.21 bits per heavy atom. The second-order valence-electron chi connectivity index (χ2n) is 7.66. The first-order chi connectivity index (χ1) is 15.7. The van der Waals surface area contributed by atoms with Crippen molar-refractivity contribution in [3.63, 3.8) is 0 Å². The van der Waals surface area contributed by atoms with Gasteiger partial charge in [0, 0.05) is 23.5 Å². The van der Waals surface area contributed by atoms with Gasteiger partial charge >= 0.3 is 0 Å². The lowest BCUT2D eigenvalue weighted by atomic mass is 10.2. The summed E-state index contributed by atoms with van der Waals surface area (Å²) in [6, 6.07) is 11.3. The number of fused-ring (bicyclic) bond motifs is 1. The van der Waals surface area contributed by atoms with Crippen molar-refractivity contribution >= 4 is 40.2 Å². The zero-order valence-electron chi connectivity index (χ0n) is 18.3. The Labute approximate surface area is 195 Å². The molecule has 1 aromatic heterocycles. The monoisotopic (exact) mass is 473 g/mol. The zero-order valence-corrected chi connectivity index (χ0v) is 19.1. The van der Waals surface area contributed by atoms with E-state index in [-0.39, 0.29) is 47.9 Å². The molecule has 2 aromatic carbocycles. The molecule has 174 valence electrons. The molecule has 33 heavy (non-hydrogen) atoms. The molecule has 0 radical (unpaired) electrons. The second kappa shape index (κ2) is 10.4. The number of nitrogens with two attached hydrogens (primary N) is 1. The number of aromatic nitrogens is 2. The highest BCUT2D eigenvalue weighted by Crippen LogP contribution is 2.19. The Morgan fingerprint density at radius 3 is 2.64 bits per heavy atom. The molecule has 1 heterocycles. The van der Waals surface area contributed by atoms with Gasteiger partial charge in [-0.2, -0.15) is 5.10 Å². The average Bonchev–Trinajstić information content (AvgIpc) is 3.16. The lowest BCUT2D eigenvalue weighted by Gasteiger charge is -2.28. The Hall–Kier alpha value is -3.46. The van der Waals surface area contributed by atoms with E-state index in [9.17, 15) is 18.8 Å². The van der Waals surface area contributed by atoms with Gasteiger partial charge < -0.3 is 16.0 Å². The summed E-state index contributed by atoms with van der Waals surface area (Å²) in [6.45, 7) is 3.29. The van der Waals surface area contributed by atoms with E-state index in [4.69, 9.17) is 17.3 Å². The number of hydrogen-bond donors (Lipinski definition) is 2. The molecule has 0 unspecified atom stereocenters. The Morgan fingerprint density at radius 2 is 1.94 bits per heavy atom. The minimum atomic E-state index is -0.691. The summed E-state index contributed by atoms with van der Waals surface area (Å²) in [5.74, 6) is -2.07. The van der Waals surface area contributed by atoms with E-state index in [1.54, 1.807) is 30.3 Å². The first-order valence-electron chi connectivity index (χ1n) is 10.5. The largest absolute Gasteiger partial charge is 0.364 e. The molecule has 0 fully saturated rings. The van der Waals surface area contributed by atoms with Crippen molar-refractivity contribution in [3.05, 3.63) is 64.6 Å². The normalized spacial score (nSPS) is 11.9. The third-order valence-corrected chi connectivity index (χ3v) is 5.73. The first kappa shape index (κ1) is 24.2. The van der Waals surface area contributed by atoms with Crippen LogP contribution in [0, 0.1) is 5.82 Å². The summed E-state index contributed by atoms with van der Waals surface area (Å²) < 4.78 is 15.5. The van der Waals surface area contributed by atoms with Crippen LogP contribution in [0.3, 0.4) is 0 Å². The van der Waals surface area contributed by atoms with Gasteiger partial charge in [0.15, 0.2) is 5.69 Å². The number of nitrogens with one attached hydrogen (secondary N) is 1. The number of primary amides is 1. The maximum absolute atomic E-state index is 14.1. The summed E-state index contributed by atoms with van der Waals surface area (Å²) in [5.41, 5.74) is 6.34. The molecule has 0 aliphatic rings. The van der Waals surface area contributed by atoms with Crippen molar-refractivity contribution in [1.29, 1.82) is 0 Å². The van der Waals surface area contributed by atoms with Crippen molar-refractivity contribution < 1.29 is 18.8 Å². The summed E-state index contributed by atoms with van der Waals surface area (Å²) in [6.07, 6.45) is 0.619. The minimum absolute atomic E-state index is 0.0278. The number of rotatable bonds is 9. The lowest BCUT2D eigenvalue weighted by Crippen LogP contribution is -2.46. The number of carbonyl (C=O) groups is 3. The van der Waals surface area contributed by atoms with Gasteiger partial charge in [-0.3, -0.25) is 19.1 Å². The highest BCUT2D eigenvalue weighted by atomic mass is 35.5. The molecule has 3 N–H and O–H groups in total. The number of hydrogen-bond acceptors (Lipinski definition) is 4. The molecule has 0 saturated carbocycles. The topological polar surface area (TPSA) is 110 Å². The summed E-state index contributed by atoms with van der Waals surface area (Å²) >= 11 is 5.78. The van der Waals surface area contributed by atoms with E-state index in [0.717, 1.165) is 0 Å². The molecule has 0 aliphatic carbocycles. The Balaban J connectivity index is 1.74. The zero-order chi connectivity index (χ0) is 24.1. The van der Waals surface area contributed by atoms with E-state index in [1.165, 1.54) is 21.7 Å². The van der Waals surface area contributed by atoms with Crippen LogP contribution >= 0.6 is 11.6 Å². The van der Waals surface area contributed by atoms with Crippen molar-refractivity contribution in [1.82, 2.24) is 20.0 Å². The van der Waals surface area contributed by atoms with Crippen LogP contribution in [0.1, 0.15) is 36.3 Å². The lowest BCUT2D eigenvalue weighted by molar-refractivity contribution is -0.138. The molecule has 1 atom stereocenters. The van der Waals surface area contributed by atoms with Gasteiger partial charge in [0.2, 0.25) is 11.8 Å². The average molecular weight is 474 g/mol. The Bertz CT molecular complexity index is 1200. The van der Waals surface area contributed by atoms with Crippen LogP contribution in [0.2, 0.25) is 5.02 Å². The molecular weight excluding hydrogens is 449 g/mol. The number of para-hydroxylation sites is 1. The van der Waals surface area contributed by atoms with E-state index in [0.29, 0.717) is 17.3 Å². The highest BCUT2D eigenvalue weighted by Gasteiger charge is 2.24. The number of benzene rings is 2. The third kappa shape index (κ3) is 5.48. The van der Waals surface area contributed by atoms with Crippen LogP contribution in [0.15, 0.2) is 42.5 Å². The van der Waals surface area contributed by atoms with Gasteiger partial charge in [-0.25, -0.2) is 4.39 Å². The van der Waals surface area contributed by atoms with E-state index in [2.05, 4.69) is 10.4 Å². The number of amides is 3. The van der Waals surface area contributed by atoms with Crippen LogP contribution in [-0.4, -0.2) is 45.0 Å². The highest BCUT2D eigenvalue weighted by molar-refractivity contribution is 6.30. The first-order valence-corrected chi connectivity index (χ1v) is 10.8. The van der Waals surface area contributed by atoms with Crippen LogP contribution < -0.4 is 11.1 Å². The van der Waals surface area contributed by atoms with Crippen molar-refractivity contribution in [2.45, 2.75) is 39.4 Å². The maximum Gasteiger partial charge on any atom is 0.269 e. The molecule has 0 aliphatic heterocycles. The van der Waals surface area contributed by atoms with Gasteiger partial charge in [-0.15, -0.1) is 0 Å². The van der Waals surface area contributed by atoms with Gasteiger partial charge in [-0.05, 0) is 25.5 Å². The molecule has 10 heteroatoms. The van der Waals surface area contributed by atoms with Gasteiger partial charge in [-0.1, -0.05) is 48.9 Å². The summed E-state index contributed by atoms with van der Waals surface area (Å²) in [5, 5.41) is 7.36. The fourth-order valence-electron chi connectivity index (χ4n) is 3.45. The fourth-order valence-corrected chi connectivity index (χ4v) is 3.64. The molecule has 3 rings (SSSR count). The summed E-state index contributed by atoms with van der Waals surface area (Å²) in [7, 11) is 0. The number of carbonyl (C=O) groups excluding carboxylic acids is 3. The van der Waals surface area contributed by atoms with Gasteiger partial charge in [0.05, 0.1) is 17.1 Å². The van der Waals surface area contributed by atoms with Crippen LogP contribution in [0.25, 0.3) is 10.9 Å². The standard InChI is InChI=1S/C23H25ClFN5O3/c1-3-14(2)29(12-19(31)27-11-15-7-6-9-17(24)21(15)25)20(32)13-30-18-10-5-4-8-16(18)22(28-30)23(26)33/h4-10,14H,3,11-13H2,1-2H3,(H2,26,33)(H,27,31)/t14-/m1/s1. The van der Waals surface area contributed by atoms with Crippen molar-refractivity contribution in [2.75, 3.05) is 6.54 Å². The third-order valence-electron chi connectivity index (χ3n) is 5.44. The Kier molecular flexibility index (Phi) is 7.65. The van der Waals surface area contributed by atoms with Crippen LogP contribution in [-0.2, 0) is 22.7 Å². The smallest absolute Gasteiger partial charge is 0.269 e. The number of halogens is 2. The van der Waals surface area contributed by atoms with Crippen molar-refractivity contribution in [2.24, 2.45) is 5.73 Å². The number of nitrogens with zero attached hydrogens (tertiary/aromatic N) is 3. The van der Waals surface area contributed by atoms with E-state index in [1.807, 2.05) is 13.8 Å². The molecule has 0 bridgehead atoms. The quantitative estimate of drug-likeness (QED) is 0.497. The van der Waals surface area contributed by atoms with E-state index >= 15 is 0 Å². The summed E-state index contributed by atoms with van der Waals surface area (Å²) in [4.78, 5) is 38.9. The molecule has 3 aromatic rings. The molecule has 0 spiro atoms. The van der Waals surface area contributed by atoms with E-state index < -0.39 is 17.6 Å².